The number of benzene rings is 7. The van der Waals surface area contributed by atoms with Crippen LogP contribution in [-0.4, -0.2) is 19.5 Å². The van der Waals surface area contributed by atoms with Crippen molar-refractivity contribution in [1.29, 1.82) is 0 Å². The second-order valence-electron chi connectivity index (χ2n) is 12.8. The lowest BCUT2D eigenvalue weighted by atomic mass is 9.96. The van der Waals surface area contributed by atoms with Crippen LogP contribution in [0, 0.1) is 0 Å². The van der Waals surface area contributed by atoms with Gasteiger partial charge in [-0.25, -0.2) is 15.0 Å². The van der Waals surface area contributed by atoms with Crippen molar-refractivity contribution in [3.8, 4) is 39.6 Å². The number of rotatable bonds is 5. The minimum absolute atomic E-state index is 0.597. The molecule has 4 heteroatoms. The predicted molar refractivity (Wildman–Crippen MR) is 210 cm³/mol. The fourth-order valence-corrected chi connectivity index (χ4v) is 7.23. The van der Waals surface area contributed by atoms with Crippen LogP contribution in [0.5, 0.6) is 0 Å². The van der Waals surface area contributed by atoms with Gasteiger partial charge >= 0.3 is 0 Å². The van der Waals surface area contributed by atoms with Crippen molar-refractivity contribution in [2.45, 2.75) is 0 Å². The fraction of sp³-hybridized carbons (Fsp3) is 0. The van der Waals surface area contributed by atoms with Gasteiger partial charge in [-0.2, -0.15) is 0 Å². The van der Waals surface area contributed by atoms with E-state index in [1.807, 2.05) is 48.6 Å². The number of aromatic nitrogens is 4. The van der Waals surface area contributed by atoms with E-state index in [1.165, 1.54) is 43.4 Å². The number of hydrogen-bond donors (Lipinski definition) is 0. The Morgan fingerprint density at radius 1 is 0.431 bits per heavy atom. The van der Waals surface area contributed by atoms with Crippen LogP contribution in [0.15, 0.2) is 181 Å². The van der Waals surface area contributed by atoms with Crippen molar-refractivity contribution in [2.75, 3.05) is 0 Å². The monoisotopic (exact) mass is 648 g/mol. The van der Waals surface area contributed by atoms with Crippen LogP contribution in [0.3, 0.4) is 0 Å². The van der Waals surface area contributed by atoms with E-state index in [1.54, 1.807) is 0 Å². The molecule has 0 radical (unpaired) electrons. The third-order valence-corrected chi connectivity index (χ3v) is 9.68. The minimum Gasteiger partial charge on any atom is -0.309 e. The Bertz CT molecular complexity index is 2990. The molecular formula is C47H28N4. The Labute approximate surface area is 294 Å². The van der Waals surface area contributed by atoms with Gasteiger partial charge in [0.2, 0.25) is 0 Å². The maximum atomic E-state index is 5.00. The molecule has 2 heterocycles. The molecule has 0 amide bonds. The molecular weight excluding hydrogens is 621 g/mol. The van der Waals surface area contributed by atoms with Gasteiger partial charge in [-0.3, -0.25) is 0 Å². The largest absolute Gasteiger partial charge is 0.309 e. The van der Waals surface area contributed by atoms with E-state index in [-0.39, 0.29) is 0 Å². The van der Waals surface area contributed by atoms with Crippen molar-refractivity contribution in [3.05, 3.63) is 187 Å². The number of para-hydroxylation sites is 1. The zero-order chi connectivity index (χ0) is 33.7. The summed E-state index contributed by atoms with van der Waals surface area (Å²) in [6, 6.07) is 53.8. The Balaban J connectivity index is 1.15. The average molecular weight is 649 g/mol. The number of nitrogens with zero attached hydrogens (tertiary/aromatic N) is 4. The highest BCUT2D eigenvalue weighted by Gasteiger charge is 2.18. The van der Waals surface area contributed by atoms with E-state index in [9.17, 15) is 0 Å². The predicted octanol–water partition coefficient (Wildman–Crippen LogP) is 11.5. The average Bonchev–Trinajstić information content (AvgIpc) is 3.56. The highest BCUT2D eigenvalue weighted by Crippen LogP contribution is 2.39. The normalized spacial score (nSPS) is 12.4. The molecule has 4 nitrogen and oxygen atoms in total. The molecule has 0 bridgehead atoms. The number of fused-ring (bicyclic) bond motifs is 6. The maximum Gasteiger partial charge on any atom is 0.164 e. The first kappa shape index (κ1) is 28.9. The summed E-state index contributed by atoms with van der Waals surface area (Å²) >= 11 is 0. The molecule has 1 aliphatic rings. The zero-order valence-electron chi connectivity index (χ0n) is 27.5. The van der Waals surface area contributed by atoms with E-state index in [0.717, 1.165) is 33.4 Å². The maximum absolute atomic E-state index is 5.00. The Morgan fingerprint density at radius 2 is 1.14 bits per heavy atom. The Kier molecular flexibility index (Phi) is 6.68. The topological polar surface area (TPSA) is 43.6 Å². The van der Waals surface area contributed by atoms with Gasteiger partial charge in [0, 0.05) is 33.2 Å². The summed E-state index contributed by atoms with van der Waals surface area (Å²) in [6.07, 6.45) is 5.64. The lowest BCUT2D eigenvalue weighted by molar-refractivity contribution is 1.04. The summed E-state index contributed by atoms with van der Waals surface area (Å²) in [5, 5.41) is 7.39. The molecule has 0 unspecified atom stereocenters. The smallest absolute Gasteiger partial charge is 0.164 e. The molecule has 9 aromatic rings. The van der Waals surface area contributed by atoms with Gasteiger partial charge in [0.25, 0.3) is 0 Å². The third-order valence-electron chi connectivity index (χ3n) is 9.68. The van der Waals surface area contributed by atoms with E-state index in [4.69, 9.17) is 15.0 Å². The Hall–Kier alpha value is -7.09. The summed E-state index contributed by atoms with van der Waals surface area (Å²) in [5.74, 6) is 1.83. The summed E-state index contributed by atoms with van der Waals surface area (Å²) < 4.78 is 2.36. The first-order valence-corrected chi connectivity index (χ1v) is 17.0. The lowest BCUT2D eigenvalue weighted by Gasteiger charge is -2.12. The first-order chi connectivity index (χ1) is 25.3. The lowest BCUT2D eigenvalue weighted by Crippen LogP contribution is -2.03. The molecule has 0 atom stereocenters. The van der Waals surface area contributed by atoms with Crippen molar-refractivity contribution < 1.29 is 0 Å². The molecule has 2 aromatic heterocycles. The summed E-state index contributed by atoms with van der Waals surface area (Å²) in [7, 11) is 0. The van der Waals surface area contributed by atoms with Crippen molar-refractivity contribution in [2.24, 2.45) is 0 Å². The van der Waals surface area contributed by atoms with Crippen molar-refractivity contribution in [1.82, 2.24) is 19.5 Å². The molecule has 0 spiro atoms. The van der Waals surface area contributed by atoms with Crippen molar-refractivity contribution >= 4 is 48.9 Å². The highest BCUT2D eigenvalue weighted by atomic mass is 15.0. The molecule has 0 N–H and O–H groups in total. The van der Waals surface area contributed by atoms with Gasteiger partial charge in [-0.15, -0.1) is 0 Å². The van der Waals surface area contributed by atoms with Crippen LogP contribution < -0.4 is 0 Å². The van der Waals surface area contributed by atoms with Crippen LogP contribution in [-0.2, 0) is 0 Å². The summed E-state index contributed by atoms with van der Waals surface area (Å²) in [5.41, 5.74) is 14.5. The van der Waals surface area contributed by atoms with Crippen LogP contribution in [0.1, 0.15) is 5.82 Å². The standard InChI is InChI=1S/C47H28N4/c1-3-13-33(14-4-1)45-48-46(34-15-5-2-6-16-34)50-47(49-45)38-18-11-19-39(29-38)51-42-21-10-9-20-40(42)44-41-30-37(25-23-32(41)26-27-43(44)51)36-24-22-31-12-7-8-17-35(31)28-36/h1,3-5,7-30H. The van der Waals surface area contributed by atoms with Gasteiger partial charge in [0.15, 0.2) is 17.5 Å². The number of hydrogen-bond acceptors (Lipinski definition) is 3. The zero-order valence-corrected chi connectivity index (χ0v) is 27.5. The van der Waals surface area contributed by atoms with Crippen LogP contribution in [0.4, 0.5) is 0 Å². The summed E-state index contributed by atoms with van der Waals surface area (Å²) in [6.45, 7) is 0. The van der Waals surface area contributed by atoms with Gasteiger partial charge in [-0.05, 0) is 87.3 Å². The molecule has 0 aliphatic heterocycles. The van der Waals surface area contributed by atoms with Crippen LogP contribution in [0.2, 0.25) is 0 Å². The fourth-order valence-electron chi connectivity index (χ4n) is 7.23. The molecule has 7 aromatic carbocycles. The third kappa shape index (κ3) is 4.99. The molecule has 1 aliphatic carbocycles. The summed E-state index contributed by atoms with van der Waals surface area (Å²) in [4.78, 5) is 14.8. The molecule has 0 fully saturated rings. The van der Waals surface area contributed by atoms with Gasteiger partial charge in [0.05, 0.1) is 11.0 Å². The molecule has 51 heavy (non-hydrogen) atoms. The van der Waals surface area contributed by atoms with Crippen molar-refractivity contribution in [3.63, 3.8) is 0 Å². The van der Waals surface area contributed by atoms with Crippen LogP contribution in [0.25, 0.3) is 88.5 Å². The van der Waals surface area contributed by atoms with Crippen LogP contribution >= 0.6 is 0 Å². The van der Waals surface area contributed by atoms with E-state index in [0.29, 0.717) is 17.5 Å². The van der Waals surface area contributed by atoms with Gasteiger partial charge in [0.1, 0.15) is 0 Å². The molecule has 0 saturated heterocycles. The quantitative estimate of drug-likeness (QED) is 0.174. The second-order valence-corrected chi connectivity index (χ2v) is 12.8. The van der Waals surface area contributed by atoms with E-state index >= 15 is 0 Å². The van der Waals surface area contributed by atoms with E-state index < -0.39 is 0 Å². The minimum atomic E-state index is 0.597. The molecule has 236 valence electrons. The second kappa shape index (κ2) is 11.8. The Morgan fingerprint density at radius 3 is 2.00 bits per heavy atom. The first-order valence-electron chi connectivity index (χ1n) is 17.0. The van der Waals surface area contributed by atoms with E-state index in [2.05, 4.69) is 137 Å². The molecule has 10 rings (SSSR count). The molecule has 0 saturated carbocycles. The number of allylic oxidation sites excluding steroid dienone is 4. The van der Waals surface area contributed by atoms with Gasteiger partial charge in [-0.1, -0.05) is 127 Å². The SMILES string of the molecule is C1=C=CC(c2nc(-c3ccccc3)nc(-c3cccc(-n4c5ccccc5c5c6cc(-c7ccc8ccccc8c7)ccc6ccc54)c3)n2)=CC=1. The highest BCUT2D eigenvalue weighted by molar-refractivity contribution is 6.22. The van der Waals surface area contributed by atoms with Gasteiger partial charge < -0.3 is 4.57 Å².